The van der Waals surface area contributed by atoms with Crippen molar-refractivity contribution < 1.29 is 0 Å². The number of benzene rings is 5. The number of hydrogen-bond acceptors (Lipinski definition) is 1. The fourth-order valence-corrected chi connectivity index (χ4v) is 8.89. The third-order valence-corrected chi connectivity index (χ3v) is 10.7. The van der Waals surface area contributed by atoms with E-state index in [-0.39, 0.29) is 11.8 Å². The molecule has 3 heterocycles. The molecule has 0 aliphatic heterocycles. The highest BCUT2D eigenvalue weighted by molar-refractivity contribution is 6.36. The Morgan fingerprint density at radius 2 is 1.43 bits per heavy atom. The van der Waals surface area contributed by atoms with Crippen LogP contribution in [0.3, 0.4) is 0 Å². The molecule has 3 heteroatoms. The van der Waals surface area contributed by atoms with Gasteiger partial charge in [0.1, 0.15) is 0 Å². The number of fused-ring (bicyclic) bond motifs is 13. The van der Waals surface area contributed by atoms with E-state index in [2.05, 4.69) is 150 Å². The summed E-state index contributed by atoms with van der Waals surface area (Å²) in [5.41, 5.74) is 18.1. The number of aromatic nitrogens is 2. The Kier molecular flexibility index (Phi) is 5.18. The van der Waals surface area contributed by atoms with Crippen LogP contribution in [-0.4, -0.2) is 8.97 Å². The maximum absolute atomic E-state index is 7.04. The van der Waals surface area contributed by atoms with E-state index in [9.17, 15) is 0 Å². The number of nitrogens with zero attached hydrogens (tertiary/aromatic N) is 2. The van der Waals surface area contributed by atoms with Crippen LogP contribution in [0.5, 0.6) is 0 Å². The van der Waals surface area contributed by atoms with Gasteiger partial charge < -0.3 is 14.7 Å². The molecule has 3 aromatic heterocycles. The van der Waals surface area contributed by atoms with Crippen molar-refractivity contribution >= 4 is 76.4 Å². The highest BCUT2D eigenvalue weighted by atomic mass is 15.0. The molecular formula is C43H33N3. The first kappa shape index (κ1) is 25.8. The summed E-state index contributed by atoms with van der Waals surface area (Å²) >= 11 is 0. The Bertz CT molecular complexity index is 2750. The standard InChI is InChI=1S/C43H33N3/c1-3-11-27-19-18-26-21-22-36(28(4-2)38(26)41(27)44)46-37-23-20-25-12-5-6-13-29(25)39(37)33-24-32-30-14-7-9-16-34(30)45-35-17-10-8-15-31(35)40(42(32)45)43(33)46/h3,5-24,28,38H,4,44H2,1-2H3/b11-3-. The van der Waals surface area contributed by atoms with Gasteiger partial charge in [-0.05, 0) is 65.6 Å². The predicted molar refractivity (Wildman–Crippen MR) is 196 cm³/mol. The molecule has 0 saturated heterocycles. The van der Waals surface area contributed by atoms with Crippen molar-refractivity contribution in [1.29, 1.82) is 0 Å². The molecule has 10 rings (SSSR count). The molecule has 2 aliphatic carbocycles. The predicted octanol–water partition coefficient (Wildman–Crippen LogP) is 10.9. The van der Waals surface area contributed by atoms with Crippen LogP contribution in [0, 0.1) is 11.8 Å². The summed E-state index contributed by atoms with van der Waals surface area (Å²) in [6.45, 7) is 4.38. The number of allylic oxidation sites excluding steroid dienone is 9. The maximum atomic E-state index is 7.04. The van der Waals surface area contributed by atoms with Crippen molar-refractivity contribution in [2.45, 2.75) is 20.3 Å². The Balaban J connectivity index is 1.44. The first-order valence-electron chi connectivity index (χ1n) is 16.4. The van der Waals surface area contributed by atoms with Crippen molar-refractivity contribution in [3.05, 3.63) is 144 Å². The minimum atomic E-state index is 0.130. The molecule has 0 radical (unpaired) electrons. The molecule has 2 unspecified atom stereocenters. The van der Waals surface area contributed by atoms with E-state index >= 15 is 0 Å². The van der Waals surface area contributed by atoms with E-state index in [1.165, 1.54) is 81.9 Å². The van der Waals surface area contributed by atoms with E-state index in [0.29, 0.717) is 0 Å². The second-order valence-electron chi connectivity index (χ2n) is 12.9. The van der Waals surface area contributed by atoms with Crippen molar-refractivity contribution in [1.82, 2.24) is 8.97 Å². The Morgan fingerprint density at radius 1 is 0.696 bits per heavy atom. The number of rotatable bonds is 3. The molecule has 46 heavy (non-hydrogen) atoms. The first-order valence-corrected chi connectivity index (χ1v) is 16.4. The molecule has 0 fully saturated rings. The fourth-order valence-electron chi connectivity index (χ4n) is 8.89. The number of para-hydroxylation sites is 2. The van der Waals surface area contributed by atoms with E-state index in [4.69, 9.17) is 5.73 Å². The van der Waals surface area contributed by atoms with Crippen LogP contribution in [0.1, 0.15) is 20.3 Å². The summed E-state index contributed by atoms with van der Waals surface area (Å²) in [7, 11) is 0. The van der Waals surface area contributed by atoms with Gasteiger partial charge in [0.05, 0.1) is 27.6 Å². The lowest BCUT2D eigenvalue weighted by Gasteiger charge is -2.36. The van der Waals surface area contributed by atoms with Gasteiger partial charge >= 0.3 is 0 Å². The topological polar surface area (TPSA) is 35.4 Å². The molecule has 3 nitrogen and oxygen atoms in total. The lowest BCUT2D eigenvalue weighted by Crippen LogP contribution is -2.30. The molecule has 0 bridgehead atoms. The average Bonchev–Trinajstić information content (AvgIpc) is 3.73. The van der Waals surface area contributed by atoms with Gasteiger partial charge in [-0.3, -0.25) is 0 Å². The zero-order valence-corrected chi connectivity index (χ0v) is 26.0. The van der Waals surface area contributed by atoms with Crippen LogP contribution in [0.15, 0.2) is 144 Å². The minimum absolute atomic E-state index is 0.130. The summed E-state index contributed by atoms with van der Waals surface area (Å²) in [6.07, 6.45) is 14.3. The largest absolute Gasteiger partial charge is 0.401 e. The fraction of sp³-hybridized carbons (Fsp3) is 0.116. The summed E-state index contributed by atoms with van der Waals surface area (Å²) in [4.78, 5) is 0. The van der Waals surface area contributed by atoms with Crippen molar-refractivity contribution in [3.8, 4) is 0 Å². The zero-order valence-electron chi connectivity index (χ0n) is 26.0. The van der Waals surface area contributed by atoms with Crippen molar-refractivity contribution in [2.24, 2.45) is 17.6 Å². The smallest absolute Gasteiger partial charge is 0.0642 e. The van der Waals surface area contributed by atoms with Crippen LogP contribution >= 0.6 is 0 Å². The molecule has 0 spiro atoms. The van der Waals surface area contributed by atoms with Gasteiger partial charge in [-0.2, -0.15) is 0 Å². The van der Waals surface area contributed by atoms with Crippen molar-refractivity contribution in [2.75, 3.05) is 0 Å². The van der Waals surface area contributed by atoms with Gasteiger partial charge in [-0.1, -0.05) is 104 Å². The van der Waals surface area contributed by atoms with E-state index in [1.807, 2.05) is 0 Å². The van der Waals surface area contributed by atoms with Gasteiger partial charge in [-0.25, -0.2) is 0 Å². The van der Waals surface area contributed by atoms with Gasteiger partial charge in [0.15, 0.2) is 0 Å². The van der Waals surface area contributed by atoms with Gasteiger partial charge in [0.25, 0.3) is 0 Å². The normalized spacial score (nSPS) is 18.8. The molecule has 2 N–H and O–H groups in total. The Hall–Kier alpha value is -5.54. The quantitative estimate of drug-likeness (QED) is 0.218. The van der Waals surface area contributed by atoms with Gasteiger partial charge in [0, 0.05) is 55.5 Å². The van der Waals surface area contributed by atoms with Gasteiger partial charge in [0.2, 0.25) is 0 Å². The highest BCUT2D eigenvalue weighted by Crippen LogP contribution is 2.50. The van der Waals surface area contributed by atoms with Crippen LogP contribution < -0.4 is 5.73 Å². The van der Waals surface area contributed by atoms with Crippen molar-refractivity contribution in [3.63, 3.8) is 0 Å². The highest BCUT2D eigenvalue weighted by Gasteiger charge is 2.35. The summed E-state index contributed by atoms with van der Waals surface area (Å²) in [5, 5.41) is 10.4. The lowest BCUT2D eigenvalue weighted by atomic mass is 9.73. The molecule has 220 valence electrons. The molecule has 2 aliphatic rings. The lowest BCUT2D eigenvalue weighted by molar-refractivity contribution is 0.491. The monoisotopic (exact) mass is 591 g/mol. The van der Waals surface area contributed by atoms with E-state index in [0.717, 1.165) is 17.7 Å². The van der Waals surface area contributed by atoms with Crippen LogP contribution in [0.4, 0.5) is 0 Å². The third-order valence-electron chi connectivity index (χ3n) is 10.7. The molecule has 8 aromatic rings. The zero-order chi connectivity index (χ0) is 30.7. The molecule has 0 amide bonds. The summed E-state index contributed by atoms with van der Waals surface area (Å²) in [5.74, 6) is 0.353. The van der Waals surface area contributed by atoms with Crippen LogP contribution in [-0.2, 0) is 0 Å². The van der Waals surface area contributed by atoms with E-state index in [1.54, 1.807) is 0 Å². The van der Waals surface area contributed by atoms with Crippen LogP contribution in [0.2, 0.25) is 0 Å². The second kappa shape index (κ2) is 9.24. The Morgan fingerprint density at radius 3 is 2.24 bits per heavy atom. The molecule has 0 saturated carbocycles. The molecule has 2 atom stereocenters. The molecular weight excluding hydrogens is 558 g/mol. The van der Waals surface area contributed by atoms with E-state index < -0.39 is 0 Å². The first-order chi connectivity index (χ1) is 22.7. The number of hydrogen-bond donors (Lipinski definition) is 1. The SMILES string of the molecule is C/C=C\C1=C(N)C2C(=CC=C(n3c4ccc5ccccc5c4c4cc5c6ccccc6n6c7ccccc7c(c43)c56)C2CC)C=C1. The summed E-state index contributed by atoms with van der Waals surface area (Å²) in [6, 6.07) is 33.8. The second-order valence-corrected chi connectivity index (χ2v) is 12.9. The van der Waals surface area contributed by atoms with Crippen LogP contribution in [0.25, 0.3) is 76.4 Å². The minimum Gasteiger partial charge on any atom is -0.401 e. The average molecular weight is 592 g/mol. The summed E-state index contributed by atoms with van der Waals surface area (Å²) < 4.78 is 5.10. The molecule has 5 aromatic carbocycles. The Labute approximate surface area is 266 Å². The van der Waals surface area contributed by atoms with Gasteiger partial charge in [-0.15, -0.1) is 0 Å². The third kappa shape index (κ3) is 3.12. The number of nitrogens with two attached hydrogens (primary N) is 1. The maximum Gasteiger partial charge on any atom is 0.0642 e.